The third-order valence-electron chi connectivity index (χ3n) is 2.04. The van der Waals surface area contributed by atoms with Crippen molar-refractivity contribution in [2.75, 3.05) is 25.6 Å². The van der Waals surface area contributed by atoms with E-state index in [0.717, 1.165) is 5.69 Å². The van der Waals surface area contributed by atoms with Gasteiger partial charge in [-0.25, -0.2) is 4.98 Å². The Balaban J connectivity index is 2.29. The van der Waals surface area contributed by atoms with Crippen molar-refractivity contribution in [3.05, 3.63) is 24.0 Å². The first-order valence-electron chi connectivity index (χ1n) is 5.03. The molecule has 0 aromatic carbocycles. The maximum absolute atomic E-state index is 9.39. The number of rotatable bonds is 6. The second-order valence-corrected chi connectivity index (χ2v) is 3.37. The molecule has 0 bridgehead atoms. The standard InChI is InChI=1S/C11H15N3O2/c1-16-8-11(15)4-5-13-10-3-2-9(6-12)14-7-10/h2-3,7,11,13,15H,4-5,8H2,1H3. The van der Waals surface area contributed by atoms with E-state index in [0.29, 0.717) is 25.3 Å². The van der Waals surface area contributed by atoms with Crippen molar-refractivity contribution in [2.24, 2.45) is 0 Å². The quantitative estimate of drug-likeness (QED) is 0.741. The number of nitrogens with one attached hydrogen (secondary N) is 1. The van der Waals surface area contributed by atoms with Crippen LogP contribution in [0.5, 0.6) is 0 Å². The van der Waals surface area contributed by atoms with Gasteiger partial charge < -0.3 is 15.2 Å². The Hall–Kier alpha value is -1.64. The number of aromatic nitrogens is 1. The highest BCUT2D eigenvalue weighted by Crippen LogP contribution is 2.05. The summed E-state index contributed by atoms with van der Waals surface area (Å²) in [5, 5.41) is 21.0. The molecule has 1 aromatic rings. The van der Waals surface area contributed by atoms with Gasteiger partial charge in [-0.15, -0.1) is 0 Å². The summed E-state index contributed by atoms with van der Waals surface area (Å²) < 4.78 is 4.81. The number of pyridine rings is 1. The summed E-state index contributed by atoms with van der Waals surface area (Å²) in [5.74, 6) is 0. The first kappa shape index (κ1) is 12.4. The fourth-order valence-corrected chi connectivity index (χ4v) is 1.22. The van der Waals surface area contributed by atoms with Crippen LogP contribution in [-0.4, -0.2) is 36.5 Å². The van der Waals surface area contributed by atoms with Crippen LogP contribution < -0.4 is 5.32 Å². The first-order chi connectivity index (χ1) is 7.76. The van der Waals surface area contributed by atoms with Crippen molar-refractivity contribution < 1.29 is 9.84 Å². The van der Waals surface area contributed by atoms with Gasteiger partial charge in [-0.2, -0.15) is 5.26 Å². The average Bonchev–Trinajstić information content (AvgIpc) is 2.30. The number of nitriles is 1. The van der Waals surface area contributed by atoms with Crippen LogP contribution in [-0.2, 0) is 4.74 Å². The second kappa shape index (κ2) is 6.77. The van der Waals surface area contributed by atoms with E-state index in [1.54, 1.807) is 25.4 Å². The van der Waals surface area contributed by atoms with Crippen LogP contribution in [0, 0.1) is 11.3 Å². The Morgan fingerprint density at radius 2 is 2.44 bits per heavy atom. The van der Waals surface area contributed by atoms with Crippen molar-refractivity contribution in [1.82, 2.24) is 4.98 Å². The molecular formula is C11H15N3O2. The van der Waals surface area contributed by atoms with Gasteiger partial charge in [-0.05, 0) is 18.6 Å². The smallest absolute Gasteiger partial charge is 0.140 e. The molecule has 1 rings (SSSR count). The van der Waals surface area contributed by atoms with Gasteiger partial charge in [-0.1, -0.05) is 0 Å². The predicted molar refractivity (Wildman–Crippen MR) is 59.9 cm³/mol. The van der Waals surface area contributed by atoms with Gasteiger partial charge in [0.25, 0.3) is 0 Å². The van der Waals surface area contributed by atoms with E-state index in [2.05, 4.69) is 10.3 Å². The Labute approximate surface area is 94.7 Å². The van der Waals surface area contributed by atoms with Crippen molar-refractivity contribution >= 4 is 5.69 Å². The number of anilines is 1. The summed E-state index contributed by atoms with van der Waals surface area (Å²) >= 11 is 0. The number of methoxy groups -OCH3 is 1. The van der Waals surface area contributed by atoms with Gasteiger partial charge in [0.1, 0.15) is 11.8 Å². The molecule has 2 N–H and O–H groups in total. The van der Waals surface area contributed by atoms with E-state index in [1.165, 1.54) is 0 Å². The SMILES string of the molecule is COCC(O)CCNc1ccc(C#N)nc1. The molecule has 0 aliphatic carbocycles. The molecule has 1 atom stereocenters. The minimum atomic E-state index is -0.455. The van der Waals surface area contributed by atoms with Crippen LogP contribution in [0.25, 0.3) is 0 Å². The Kier molecular flexibility index (Phi) is 5.26. The third-order valence-corrected chi connectivity index (χ3v) is 2.04. The maximum Gasteiger partial charge on any atom is 0.140 e. The molecule has 1 heterocycles. The zero-order chi connectivity index (χ0) is 11.8. The van der Waals surface area contributed by atoms with Crippen LogP contribution >= 0.6 is 0 Å². The molecule has 0 aliphatic heterocycles. The van der Waals surface area contributed by atoms with Crippen LogP contribution in [0.4, 0.5) is 5.69 Å². The van der Waals surface area contributed by atoms with Crippen LogP contribution in [0.3, 0.4) is 0 Å². The fraction of sp³-hybridized carbons (Fsp3) is 0.455. The van der Waals surface area contributed by atoms with E-state index in [-0.39, 0.29) is 0 Å². The molecule has 0 fully saturated rings. The summed E-state index contributed by atoms with van der Waals surface area (Å²) in [6.07, 6.45) is 1.75. The van der Waals surface area contributed by atoms with Crippen molar-refractivity contribution in [1.29, 1.82) is 5.26 Å². The molecule has 0 saturated heterocycles. The van der Waals surface area contributed by atoms with E-state index >= 15 is 0 Å². The van der Waals surface area contributed by atoms with Gasteiger partial charge in [0.05, 0.1) is 24.6 Å². The van der Waals surface area contributed by atoms with Crippen molar-refractivity contribution in [2.45, 2.75) is 12.5 Å². The number of nitrogens with zero attached hydrogens (tertiary/aromatic N) is 2. The molecule has 0 spiro atoms. The predicted octanol–water partition coefficient (Wildman–Crippen LogP) is 0.763. The Morgan fingerprint density at radius 1 is 1.62 bits per heavy atom. The van der Waals surface area contributed by atoms with Crippen molar-refractivity contribution in [3.8, 4) is 6.07 Å². The lowest BCUT2D eigenvalue weighted by Gasteiger charge is -2.10. The largest absolute Gasteiger partial charge is 0.391 e. The average molecular weight is 221 g/mol. The minimum absolute atomic E-state index is 0.341. The van der Waals surface area contributed by atoms with Gasteiger partial charge in [0, 0.05) is 13.7 Å². The highest BCUT2D eigenvalue weighted by atomic mass is 16.5. The molecule has 0 amide bonds. The highest BCUT2D eigenvalue weighted by molar-refractivity contribution is 5.42. The molecule has 86 valence electrons. The number of ether oxygens (including phenoxy) is 1. The van der Waals surface area contributed by atoms with Gasteiger partial charge in [0.15, 0.2) is 0 Å². The third kappa shape index (κ3) is 4.26. The van der Waals surface area contributed by atoms with Crippen LogP contribution in [0.15, 0.2) is 18.3 Å². The number of hydrogen-bond acceptors (Lipinski definition) is 5. The summed E-state index contributed by atoms with van der Waals surface area (Å²) in [5.41, 5.74) is 1.23. The number of aliphatic hydroxyl groups is 1. The molecule has 5 heteroatoms. The second-order valence-electron chi connectivity index (χ2n) is 3.37. The molecule has 1 aromatic heterocycles. The molecule has 1 unspecified atom stereocenters. The lowest BCUT2D eigenvalue weighted by Crippen LogP contribution is -2.18. The molecule has 0 saturated carbocycles. The number of aliphatic hydroxyl groups excluding tert-OH is 1. The van der Waals surface area contributed by atoms with E-state index in [1.807, 2.05) is 6.07 Å². The van der Waals surface area contributed by atoms with E-state index in [9.17, 15) is 5.11 Å². The zero-order valence-electron chi connectivity index (χ0n) is 9.18. The minimum Gasteiger partial charge on any atom is -0.391 e. The zero-order valence-corrected chi connectivity index (χ0v) is 9.18. The van der Waals surface area contributed by atoms with E-state index in [4.69, 9.17) is 10.00 Å². The normalized spacial score (nSPS) is 11.8. The Morgan fingerprint density at radius 3 is 3.00 bits per heavy atom. The summed E-state index contributed by atoms with van der Waals surface area (Å²) in [7, 11) is 1.56. The van der Waals surface area contributed by atoms with E-state index < -0.39 is 6.10 Å². The highest BCUT2D eigenvalue weighted by Gasteiger charge is 2.02. The summed E-state index contributed by atoms with van der Waals surface area (Å²) in [6, 6.07) is 5.38. The van der Waals surface area contributed by atoms with Gasteiger partial charge >= 0.3 is 0 Å². The molecule has 5 nitrogen and oxygen atoms in total. The Bertz CT molecular complexity index is 345. The maximum atomic E-state index is 9.39. The van der Waals surface area contributed by atoms with Crippen LogP contribution in [0.1, 0.15) is 12.1 Å². The summed E-state index contributed by atoms with van der Waals surface area (Å²) in [4.78, 5) is 3.92. The molecule has 0 aliphatic rings. The van der Waals surface area contributed by atoms with Crippen LogP contribution in [0.2, 0.25) is 0 Å². The lowest BCUT2D eigenvalue weighted by molar-refractivity contribution is 0.0615. The number of hydrogen-bond donors (Lipinski definition) is 2. The summed E-state index contributed by atoms with van der Waals surface area (Å²) in [6.45, 7) is 0.978. The topological polar surface area (TPSA) is 78.2 Å². The van der Waals surface area contributed by atoms with Gasteiger partial charge in [-0.3, -0.25) is 0 Å². The molecule has 0 radical (unpaired) electrons. The first-order valence-corrected chi connectivity index (χ1v) is 5.03. The lowest BCUT2D eigenvalue weighted by atomic mass is 10.2. The molecular weight excluding hydrogens is 206 g/mol. The van der Waals surface area contributed by atoms with Crippen molar-refractivity contribution in [3.63, 3.8) is 0 Å². The molecule has 16 heavy (non-hydrogen) atoms. The monoisotopic (exact) mass is 221 g/mol. The van der Waals surface area contributed by atoms with Gasteiger partial charge in [0.2, 0.25) is 0 Å². The fourth-order valence-electron chi connectivity index (χ4n) is 1.22.